The van der Waals surface area contributed by atoms with Crippen molar-refractivity contribution in [1.29, 1.82) is 0 Å². The maximum Gasteiger partial charge on any atom is 0.180 e. The van der Waals surface area contributed by atoms with Crippen LogP contribution in [0.3, 0.4) is 0 Å². The molecule has 2 rings (SSSR count). The summed E-state index contributed by atoms with van der Waals surface area (Å²) in [5, 5.41) is 3.71. The van der Waals surface area contributed by atoms with E-state index in [1.165, 1.54) is 11.3 Å². The molecule has 15 heavy (non-hydrogen) atoms. The van der Waals surface area contributed by atoms with Crippen molar-refractivity contribution in [1.82, 2.24) is 4.98 Å². The molecule has 1 aromatic carbocycles. The van der Waals surface area contributed by atoms with E-state index in [2.05, 4.69) is 4.98 Å². The van der Waals surface area contributed by atoms with Gasteiger partial charge in [0.2, 0.25) is 0 Å². The molecule has 78 valence electrons. The summed E-state index contributed by atoms with van der Waals surface area (Å²) in [5.41, 5.74) is 8.14. The predicted molar refractivity (Wildman–Crippen MR) is 66.7 cm³/mol. The minimum Gasteiger partial charge on any atom is -0.375 e. The fourth-order valence-corrected chi connectivity index (χ4v) is 2.27. The van der Waals surface area contributed by atoms with Crippen LogP contribution in [-0.4, -0.2) is 4.98 Å². The third-order valence-corrected chi connectivity index (χ3v) is 3.56. The Hall–Kier alpha value is -0.770. The third kappa shape index (κ3) is 2.09. The molecular formula is C10H8Cl2N2S. The van der Waals surface area contributed by atoms with Gasteiger partial charge in [-0.1, -0.05) is 23.2 Å². The van der Waals surface area contributed by atoms with Gasteiger partial charge in [-0.2, -0.15) is 0 Å². The first-order valence-corrected chi connectivity index (χ1v) is 5.88. The van der Waals surface area contributed by atoms with Crippen molar-refractivity contribution < 1.29 is 0 Å². The van der Waals surface area contributed by atoms with E-state index in [-0.39, 0.29) is 0 Å². The lowest BCUT2D eigenvalue weighted by atomic mass is 10.1. The van der Waals surface area contributed by atoms with Crippen molar-refractivity contribution in [2.24, 2.45) is 0 Å². The molecule has 0 saturated carbocycles. The average Bonchev–Trinajstić information content (AvgIpc) is 2.60. The first-order chi connectivity index (χ1) is 7.08. The maximum atomic E-state index is 6.04. The molecule has 1 aromatic heterocycles. The Kier molecular flexibility index (Phi) is 2.87. The predicted octanol–water partition coefficient (Wildman–Crippen LogP) is 4.01. The van der Waals surface area contributed by atoms with E-state index in [4.69, 9.17) is 28.9 Å². The lowest BCUT2D eigenvalue weighted by Crippen LogP contribution is -1.85. The normalized spacial score (nSPS) is 10.6. The molecule has 0 amide bonds. The van der Waals surface area contributed by atoms with Crippen LogP contribution in [0.2, 0.25) is 10.0 Å². The largest absolute Gasteiger partial charge is 0.375 e. The van der Waals surface area contributed by atoms with E-state index < -0.39 is 0 Å². The van der Waals surface area contributed by atoms with Crippen LogP contribution in [-0.2, 0) is 0 Å². The second-order valence-electron chi connectivity index (χ2n) is 3.14. The summed E-state index contributed by atoms with van der Waals surface area (Å²) in [5.74, 6) is 0. The number of hydrogen-bond donors (Lipinski definition) is 1. The van der Waals surface area contributed by atoms with Gasteiger partial charge in [0.1, 0.15) is 0 Å². The number of thiazole rings is 1. The smallest absolute Gasteiger partial charge is 0.180 e. The number of anilines is 1. The van der Waals surface area contributed by atoms with Gasteiger partial charge in [0.05, 0.1) is 5.69 Å². The van der Waals surface area contributed by atoms with Crippen LogP contribution in [0.4, 0.5) is 5.13 Å². The van der Waals surface area contributed by atoms with E-state index in [9.17, 15) is 0 Å². The van der Waals surface area contributed by atoms with Crippen LogP contribution in [0.15, 0.2) is 17.5 Å². The quantitative estimate of drug-likeness (QED) is 0.840. The summed E-state index contributed by atoms with van der Waals surface area (Å²) in [6, 6.07) is 3.69. The summed E-state index contributed by atoms with van der Waals surface area (Å²) in [4.78, 5) is 4.17. The van der Waals surface area contributed by atoms with E-state index in [1.54, 1.807) is 0 Å². The number of hydrogen-bond acceptors (Lipinski definition) is 3. The molecule has 0 bridgehead atoms. The first-order valence-electron chi connectivity index (χ1n) is 4.25. The Balaban J connectivity index is 2.55. The van der Waals surface area contributed by atoms with Crippen molar-refractivity contribution in [3.05, 3.63) is 33.1 Å². The zero-order chi connectivity index (χ0) is 11.0. The lowest BCUT2D eigenvalue weighted by molar-refractivity contribution is 1.39. The Bertz CT molecular complexity index is 485. The van der Waals surface area contributed by atoms with Crippen LogP contribution in [0.1, 0.15) is 5.56 Å². The summed E-state index contributed by atoms with van der Waals surface area (Å²) >= 11 is 13.5. The Labute approximate surface area is 102 Å². The molecule has 0 aliphatic heterocycles. The minimum absolute atomic E-state index is 0.540. The highest BCUT2D eigenvalue weighted by atomic mass is 35.5. The zero-order valence-electron chi connectivity index (χ0n) is 7.92. The number of rotatable bonds is 1. The van der Waals surface area contributed by atoms with Crippen molar-refractivity contribution in [2.75, 3.05) is 5.73 Å². The van der Waals surface area contributed by atoms with Crippen LogP contribution >= 0.6 is 34.5 Å². The highest BCUT2D eigenvalue weighted by Gasteiger charge is 2.08. The highest BCUT2D eigenvalue weighted by molar-refractivity contribution is 7.13. The van der Waals surface area contributed by atoms with Gasteiger partial charge in [-0.3, -0.25) is 0 Å². The van der Waals surface area contributed by atoms with E-state index >= 15 is 0 Å². The van der Waals surface area contributed by atoms with Gasteiger partial charge in [0, 0.05) is 21.0 Å². The number of nitrogens with zero attached hydrogens (tertiary/aromatic N) is 1. The minimum atomic E-state index is 0.540. The average molecular weight is 259 g/mol. The van der Waals surface area contributed by atoms with Gasteiger partial charge in [-0.05, 0) is 24.6 Å². The molecule has 0 radical (unpaired) electrons. The van der Waals surface area contributed by atoms with Gasteiger partial charge in [0.25, 0.3) is 0 Å². The van der Waals surface area contributed by atoms with Gasteiger partial charge < -0.3 is 5.73 Å². The third-order valence-electron chi connectivity index (χ3n) is 2.10. The zero-order valence-corrected chi connectivity index (χ0v) is 10.2. The van der Waals surface area contributed by atoms with Crippen LogP contribution in [0.5, 0.6) is 0 Å². The van der Waals surface area contributed by atoms with Gasteiger partial charge >= 0.3 is 0 Å². The molecule has 0 atom stereocenters. The summed E-state index contributed by atoms with van der Waals surface area (Å²) in [6.45, 7) is 1.88. The Morgan fingerprint density at radius 3 is 2.33 bits per heavy atom. The molecule has 2 N–H and O–H groups in total. The molecule has 0 spiro atoms. The molecule has 0 unspecified atom stereocenters. The molecule has 2 nitrogen and oxygen atoms in total. The van der Waals surface area contributed by atoms with Gasteiger partial charge in [-0.15, -0.1) is 11.3 Å². The number of aromatic nitrogens is 1. The van der Waals surface area contributed by atoms with Crippen LogP contribution in [0.25, 0.3) is 11.3 Å². The standard InChI is InChI=1S/C10H8Cl2N2S/c1-5-7(11)2-6(3-8(5)12)9-4-15-10(13)14-9/h2-4H,1H3,(H2,13,14). The topological polar surface area (TPSA) is 38.9 Å². The Morgan fingerprint density at radius 2 is 1.87 bits per heavy atom. The SMILES string of the molecule is Cc1c(Cl)cc(-c2csc(N)n2)cc1Cl. The molecule has 0 aliphatic rings. The number of halogens is 2. The monoisotopic (exact) mass is 258 g/mol. The lowest BCUT2D eigenvalue weighted by Gasteiger charge is -2.04. The molecular weight excluding hydrogens is 251 g/mol. The van der Waals surface area contributed by atoms with Crippen molar-refractivity contribution in [3.8, 4) is 11.3 Å². The number of nitrogen functional groups attached to an aromatic ring is 1. The van der Waals surface area contributed by atoms with Crippen molar-refractivity contribution in [2.45, 2.75) is 6.92 Å². The summed E-state index contributed by atoms with van der Waals surface area (Å²) in [7, 11) is 0. The van der Waals surface area contributed by atoms with Crippen molar-refractivity contribution in [3.63, 3.8) is 0 Å². The summed E-state index contributed by atoms with van der Waals surface area (Å²) < 4.78 is 0. The second kappa shape index (κ2) is 4.00. The van der Waals surface area contributed by atoms with Crippen LogP contribution < -0.4 is 5.73 Å². The van der Waals surface area contributed by atoms with Gasteiger partial charge in [-0.25, -0.2) is 4.98 Å². The first kappa shape index (κ1) is 10.7. The van der Waals surface area contributed by atoms with Gasteiger partial charge in [0.15, 0.2) is 5.13 Å². The Morgan fingerprint density at radius 1 is 1.27 bits per heavy atom. The molecule has 0 saturated heterocycles. The van der Waals surface area contributed by atoms with E-state index in [1.807, 2.05) is 24.4 Å². The second-order valence-corrected chi connectivity index (χ2v) is 4.84. The molecule has 0 fully saturated rings. The fourth-order valence-electron chi connectivity index (χ4n) is 1.21. The summed E-state index contributed by atoms with van der Waals surface area (Å²) in [6.07, 6.45) is 0. The molecule has 2 aromatic rings. The molecule has 0 aliphatic carbocycles. The maximum absolute atomic E-state index is 6.04. The van der Waals surface area contributed by atoms with E-state index in [0.717, 1.165) is 16.8 Å². The number of nitrogens with two attached hydrogens (primary N) is 1. The van der Waals surface area contributed by atoms with Crippen LogP contribution in [0, 0.1) is 6.92 Å². The van der Waals surface area contributed by atoms with E-state index in [0.29, 0.717) is 15.2 Å². The van der Waals surface area contributed by atoms with Crippen molar-refractivity contribution >= 4 is 39.7 Å². The fraction of sp³-hybridized carbons (Fsp3) is 0.100. The molecule has 1 heterocycles. The molecule has 5 heteroatoms. The highest BCUT2D eigenvalue weighted by Crippen LogP contribution is 2.31. The number of benzene rings is 1.